The van der Waals surface area contributed by atoms with E-state index in [-0.39, 0.29) is 25.3 Å². The summed E-state index contributed by atoms with van der Waals surface area (Å²) in [6, 6.07) is 6.92. The molecule has 0 radical (unpaired) electrons. The zero-order valence-corrected chi connectivity index (χ0v) is 16.3. The zero-order valence-electron chi connectivity index (χ0n) is 16.3. The minimum Gasteiger partial charge on any atom is -0.454 e. The van der Waals surface area contributed by atoms with Gasteiger partial charge in [0.05, 0.1) is 19.3 Å². The molecule has 0 spiro atoms. The summed E-state index contributed by atoms with van der Waals surface area (Å²) in [5, 5.41) is 0. The van der Waals surface area contributed by atoms with Gasteiger partial charge in [0, 0.05) is 25.6 Å². The van der Waals surface area contributed by atoms with E-state index in [2.05, 4.69) is 21.9 Å². The van der Waals surface area contributed by atoms with Gasteiger partial charge in [-0.1, -0.05) is 6.07 Å². The molecule has 7 heteroatoms. The lowest BCUT2D eigenvalue weighted by atomic mass is 9.75. The van der Waals surface area contributed by atoms with E-state index in [9.17, 15) is 4.79 Å². The Labute approximate surface area is 165 Å². The molecular formula is C21H28N2O5. The second-order valence-corrected chi connectivity index (χ2v) is 8.17. The molecule has 4 saturated heterocycles. The van der Waals surface area contributed by atoms with Crippen LogP contribution in [0.3, 0.4) is 0 Å². The number of amides is 1. The summed E-state index contributed by atoms with van der Waals surface area (Å²) in [6.45, 7) is 4.40. The van der Waals surface area contributed by atoms with Gasteiger partial charge in [0.1, 0.15) is 6.61 Å². The standard InChI is InChI=1S/C21H28N2O5/c1-25-8-9-26-12-19(24)23-11-16(15-2-3-17-18(10-15)28-13-27-17)21-20(23)14-4-6-22(21)7-5-14/h2-3,10,14,16,20-21H,4-9,11-13H2,1H3/t16-,20-,21-/m1/s1. The van der Waals surface area contributed by atoms with Gasteiger partial charge in [0.15, 0.2) is 11.5 Å². The Morgan fingerprint density at radius 3 is 2.79 bits per heavy atom. The summed E-state index contributed by atoms with van der Waals surface area (Å²) in [6.07, 6.45) is 2.37. The second kappa shape index (κ2) is 7.54. The van der Waals surface area contributed by atoms with Crippen molar-refractivity contribution >= 4 is 5.91 Å². The van der Waals surface area contributed by atoms with Crippen LogP contribution in [0.15, 0.2) is 18.2 Å². The van der Waals surface area contributed by atoms with Crippen molar-refractivity contribution < 1.29 is 23.7 Å². The van der Waals surface area contributed by atoms with Crippen molar-refractivity contribution in [3.63, 3.8) is 0 Å². The molecule has 0 N–H and O–H groups in total. The zero-order chi connectivity index (χ0) is 19.1. The van der Waals surface area contributed by atoms with Crippen LogP contribution in [-0.2, 0) is 14.3 Å². The molecule has 2 bridgehead atoms. The van der Waals surface area contributed by atoms with Crippen LogP contribution in [0.1, 0.15) is 24.3 Å². The lowest BCUT2D eigenvalue weighted by Gasteiger charge is -2.51. The van der Waals surface area contributed by atoms with Gasteiger partial charge in [-0.2, -0.15) is 0 Å². The van der Waals surface area contributed by atoms with E-state index in [1.54, 1.807) is 7.11 Å². The molecule has 0 aromatic heterocycles. The highest BCUT2D eigenvalue weighted by Gasteiger charge is 2.54. The number of fused-ring (bicyclic) bond motifs is 3. The lowest BCUT2D eigenvalue weighted by molar-refractivity contribution is -0.141. The first-order valence-corrected chi connectivity index (χ1v) is 10.3. The largest absolute Gasteiger partial charge is 0.454 e. The number of carbonyl (C=O) groups is 1. The summed E-state index contributed by atoms with van der Waals surface area (Å²) in [7, 11) is 1.64. The van der Waals surface area contributed by atoms with Gasteiger partial charge in [0.2, 0.25) is 12.7 Å². The van der Waals surface area contributed by atoms with Crippen molar-refractivity contribution in [1.29, 1.82) is 0 Å². The third-order valence-electron chi connectivity index (χ3n) is 6.80. The third-order valence-corrected chi connectivity index (χ3v) is 6.80. The fourth-order valence-corrected chi connectivity index (χ4v) is 5.53. The van der Waals surface area contributed by atoms with Crippen molar-refractivity contribution in [3.05, 3.63) is 23.8 Å². The molecule has 5 aliphatic rings. The molecule has 0 saturated carbocycles. The monoisotopic (exact) mass is 388 g/mol. The van der Waals surface area contributed by atoms with Crippen LogP contribution in [0.5, 0.6) is 11.5 Å². The van der Waals surface area contributed by atoms with Crippen LogP contribution >= 0.6 is 0 Å². The smallest absolute Gasteiger partial charge is 0.248 e. The number of likely N-dealkylation sites (tertiary alicyclic amines) is 1. The normalized spacial score (nSPS) is 32.6. The van der Waals surface area contributed by atoms with Crippen molar-refractivity contribution in [2.24, 2.45) is 5.92 Å². The molecule has 0 aliphatic carbocycles. The number of rotatable bonds is 6. The molecule has 3 atom stereocenters. The topological polar surface area (TPSA) is 60.5 Å². The molecule has 7 nitrogen and oxygen atoms in total. The molecule has 28 heavy (non-hydrogen) atoms. The first-order valence-electron chi connectivity index (χ1n) is 10.3. The van der Waals surface area contributed by atoms with Crippen LogP contribution in [0.2, 0.25) is 0 Å². The molecular weight excluding hydrogens is 360 g/mol. The maximum atomic E-state index is 13.0. The average molecular weight is 388 g/mol. The first-order chi connectivity index (χ1) is 13.8. The molecule has 6 rings (SSSR count). The van der Waals surface area contributed by atoms with Crippen molar-refractivity contribution in [2.45, 2.75) is 30.8 Å². The molecule has 5 aliphatic heterocycles. The van der Waals surface area contributed by atoms with Gasteiger partial charge in [-0.05, 0) is 49.5 Å². The van der Waals surface area contributed by atoms with Crippen molar-refractivity contribution in [1.82, 2.24) is 9.80 Å². The Morgan fingerprint density at radius 2 is 1.96 bits per heavy atom. The molecule has 1 aromatic rings. The predicted molar refractivity (Wildman–Crippen MR) is 102 cm³/mol. The summed E-state index contributed by atoms with van der Waals surface area (Å²) in [4.78, 5) is 17.7. The fraction of sp³-hybridized carbons (Fsp3) is 0.667. The quantitative estimate of drug-likeness (QED) is 0.688. The number of piperidine rings is 3. The molecule has 1 aromatic carbocycles. The number of carbonyl (C=O) groups excluding carboxylic acids is 1. The lowest BCUT2D eigenvalue weighted by Crippen LogP contribution is -2.61. The van der Waals surface area contributed by atoms with Gasteiger partial charge in [0.25, 0.3) is 0 Å². The minimum absolute atomic E-state index is 0.100. The van der Waals surface area contributed by atoms with Crippen LogP contribution in [-0.4, -0.2) is 81.1 Å². The fourth-order valence-electron chi connectivity index (χ4n) is 5.53. The summed E-state index contributed by atoms with van der Waals surface area (Å²) in [5.74, 6) is 2.62. The molecule has 0 unspecified atom stereocenters. The van der Waals surface area contributed by atoms with Gasteiger partial charge >= 0.3 is 0 Å². The van der Waals surface area contributed by atoms with Crippen molar-refractivity contribution in [2.75, 3.05) is 53.4 Å². The maximum Gasteiger partial charge on any atom is 0.248 e. The molecule has 1 amide bonds. The van der Waals surface area contributed by atoms with Gasteiger partial charge in [-0.25, -0.2) is 0 Å². The predicted octanol–water partition coefficient (Wildman–Crippen LogP) is 1.47. The van der Waals surface area contributed by atoms with E-state index in [1.165, 1.54) is 18.4 Å². The second-order valence-electron chi connectivity index (χ2n) is 8.17. The number of hydrogen-bond donors (Lipinski definition) is 0. The number of benzene rings is 1. The average Bonchev–Trinajstić information content (AvgIpc) is 3.37. The Kier molecular flexibility index (Phi) is 4.90. The third kappa shape index (κ3) is 3.06. The van der Waals surface area contributed by atoms with E-state index in [0.717, 1.165) is 31.1 Å². The molecule has 152 valence electrons. The maximum absolute atomic E-state index is 13.0. The van der Waals surface area contributed by atoms with E-state index in [0.29, 0.717) is 31.1 Å². The van der Waals surface area contributed by atoms with Crippen molar-refractivity contribution in [3.8, 4) is 11.5 Å². The van der Waals surface area contributed by atoms with E-state index in [1.807, 2.05) is 6.07 Å². The number of nitrogens with zero attached hydrogens (tertiary/aromatic N) is 2. The van der Waals surface area contributed by atoms with Crippen LogP contribution < -0.4 is 9.47 Å². The Bertz CT molecular complexity index is 734. The van der Waals surface area contributed by atoms with Gasteiger partial charge in [-0.3, -0.25) is 9.69 Å². The van der Waals surface area contributed by atoms with Crippen LogP contribution in [0.4, 0.5) is 0 Å². The van der Waals surface area contributed by atoms with E-state index < -0.39 is 0 Å². The number of hydrogen-bond acceptors (Lipinski definition) is 6. The first kappa shape index (κ1) is 18.2. The van der Waals surface area contributed by atoms with Crippen LogP contribution in [0, 0.1) is 5.92 Å². The highest BCUT2D eigenvalue weighted by Crippen LogP contribution is 2.47. The van der Waals surface area contributed by atoms with Gasteiger partial charge < -0.3 is 23.8 Å². The van der Waals surface area contributed by atoms with E-state index >= 15 is 0 Å². The highest BCUT2D eigenvalue weighted by molar-refractivity contribution is 5.78. The summed E-state index contributed by atoms with van der Waals surface area (Å²) < 4.78 is 21.6. The Morgan fingerprint density at radius 1 is 1.14 bits per heavy atom. The molecule has 5 heterocycles. The summed E-state index contributed by atoms with van der Waals surface area (Å²) in [5.41, 5.74) is 1.24. The highest BCUT2D eigenvalue weighted by atomic mass is 16.7. The number of ether oxygens (including phenoxy) is 4. The Balaban J connectivity index is 1.38. The Hall–Kier alpha value is -1.83. The SMILES string of the molecule is COCCOCC(=O)N1C[C@H](c2ccc3c(c2)OCO3)[C@@H]2[C@H]1C1CCN2CC1. The minimum atomic E-state index is 0.100. The molecule has 4 fully saturated rings. The number of methoxy groups -OCH3 is 1. The van der Waals surface area contributed by atoms with Gasteiger partial charge in [-0.15, -0.1) is 0 Å². The van der Waals surface area contributed by atoms with Crippen LogP contribution in [0.25, 0.3) is 0 Å². The summed E-state index contributed by atoms with van der Waals surface area (Å²) >= 11 is 0. The van der Waals surface area contributed by atoms with E-state index in [4.69, 9.17) is 18.9 Å².